The van der Waals surface area contributed by atoms with Crippen molar-refractivity contribution in [2.75, 3.05) is 6.26 Å². The molecule has 4 atom stereocenters. The first-order chi connectivity index (χ1) is 6.46. The first-order valence-electron chi connectivity index (χ1n) is 5.43. The van der Waals surface area contributed by atoms with Crippen molar-refractivity contribution in [3.05, 3.63) is 0 Å². The first kappa shape index (κ1) is 10.4. The minimum atomic E-state index is -3.03. The van der Waals surface area contributed by atoms with Crippen molar-refractivity contribution in [2.24, 2.45) is 17.8 Å². The molecule has 2 saturated carbocycles. The van der Waals surface area contributed by atoms with Crippen molar-refractivity contribution >= 4 is 10.0 Å². The fraction of sp³-hybridized carbons (Fsp3) is 1.00. The molecule has 0 spiro atoms. The van der Waals surface area contributed by atoms with Crippen LogP contribution in [0.25, 0.3) is 0 Å². The number of hydrogen-bond donors (Lipinski definition) is 1. The lowest BCUT2D eigenvalue weighted by Crippen LogP contribution is -2.39. The van der Waals surface area contributed by atoms with Crippen molar-refractivity contribution in [3.63, 3.8) is 0 Å². The van der Waals surface area contributed by atoms with E-state index in [2.05, 4.69) is 4.72 Å². The van der Waals surface area contributed by atoms with E-state index in [0.717, 1.165) is 11.8 Å². The fourth-order valence-corrected chi connectivity index (χ4v) is 4.18. The van der Waals surface area contributed by atoms with E-state index in [4.69, 9.17) is 0 Å². The van der Waals surface area contributed by atoms with Gasteiger partial charge in [0.1, 0.15) is 0 Å². The molecule has 0 aliphatic heterocycles. The van der Waals surface area contributed by atoms with Gasteiger partial charge in [-0.15, -0.1) is 0 Å². The molecule has 2 aliphatic rings. The first-order valence-corrected chi connectivity index (χ1v) is 7.32. The van der Waals surface area contributed by atoms with Crippen LogP contribution in [0.1, 0.15) is 32.6 Å². The zero-order chi connectivity index (χ0) is 10.3. The predicted octanol–water partition coefficient (Wildman–Crippen LogP) is 1.36. The highest BCUT2D eigenvalue weighted by molar-refractivity contribution is 7.88. The fourth-order valence-electron chi connectivity index (χ4n) is 3.33. The number of rotatable bonds is 3. The normalized spacial score (nSPS) is 38.9. The molecule has 0 aromatic heterocycles. The molecule has 2 aliphatic carbocycles. The van der Waals surface area contributed by atoms with Crippen LogP contribution in [0, 0.1) is 17.8 Å². The predicted molar refractivity (Wildman–Crippen MR) is 56.4 cm³/mol. The van der Waals surface area contributed by atoms with Crippen LogP contribution in [0.15, 0.2) is 0 Å². The quantitative estimate of drug-likeness (QED) is 0.776. The van der Waals surface area contributed by atoms with Crippen molar-refractivity contribution in [3.8, 4) is 0 Å². The highest BCUT2D eigenvalue weighted by Gasteiger charge is 2.42. The van der Waals surface area contributed by atoms with E-state index < -0.39 is 10.0 Å². The number of nitrogens with one attached hydrogen (secondary N) is 1. The summed E-state index contributed by atoms with van der Waals surface area (Å²) < 4.78 is 24.9. The van der Waals surface area contributed by atoms with Gasteiger partial charge in [0, 0.05) is 6.04 Å². The van der Waals surface area contributed by atoms with E-state index in [1.807, 2.05) is 6.92 Å². The smallest absolute Gasteiger partial charge is 0.208 e. The lowest BCUT2D eigenvalue weighted by Gasteiger charge is -2.27. The molecule has 2 bridgehead atoms. The molecular formula is C10H19NO2S. The van der Waals surface area contributed by atoms with Gasteiger partial charge in [0.15, 0.2) is 0 Å². The van der Waals surface area contributed by atoms with Crippen molar-refractivity contribution in [1.29, 1.82) is 0 Å². The zero-order valence-corrected chi connectivity index (χ0v) is 9.68. The molecule has 82 valence electrons. The molecule has 0 amide bonds. The van der Waals surface area contributed by atoms with Crippen molar-refractivity contribution in [2.45, 2.75) is 38.6 Å². The van der Waals surface area contributed by atoms with Gasteiger partial charge in [0.05, 0.1) is 6.26 Å². The second-order valence-corrected chi connectivity index (χ2v) is 6.80. The van der Waals surface area contributed by atoms with Crippen molar-refractivity contribution < 1.29 is 8.42 Å². The Morgan fingerprint density at radius 1 is 1.29 bits per heavy atom. The van der Waals surface area contributed by atoms with Gasteiger partial charge >= 0.3 is 0 Å². The van der Waals surface area contributed by atoms with Gasteiger partial charge in [-0.1, -0.05) is 6.42 Å². The van der Waals surface area contributed by atoms with Gasteiger partial charge in [-0.3, -0.25) is 0 Å². The molecule has 14 heavy (non-hydrogen) atoms. The topological polar surface area (TPSA) is 46.2 Å². The molecule has 0 unspecified atom stereocenters. The van der Waals surface area contributed by atoms with Gasteiger partial charge in [0.2, 0.25) is 10.0 Å². The Kier molecular flexibility index (Phi) is 2.60. The molecule has 0 radical (unpaired) electrons. The van der Waals surface area contributed by atoms with E-state index in [-0.39, 0.29) is 6.04 Å². The maximum absolute atomic E-state index is 11.1. The molecule has 0 saturated heterocycles. The Balaban J connectivity index is 1.96. The number of sulfonamides is 1. The highest BCUT2D eigenvalue weighted by Crippen LogP contribution is 2.49. The molecule has 3 nitrogen and oxygen atoms in total. The highest BCUT2D eigenvalue weighted by atomic mass is 32.2. The molecule has 4 heteroatoms. The third kappa shape index (κ3) is 2.11. The third-order valence-electron chi connectivity index (χ3n) is 3.83. The molecule has 1 N–H and O–H groups in total. The molecular weight excluding hydrogens is 198 g/mol. The van der Waals surface area contributed by atoms with Gasteiger partial charge in [-0.25, -0.2) is 13.1 Å². The van der Waals surface area contributed by atoms with Crippen LogP contribution >= 0.6 is 0 Å². The summed E-state index contributed by atoms with van der Waals surface area (Å²) in [5.74, 6) is 2.25. The van der Waals surface area contributed by atoms with E-state index >= 15 is 0 Å². The Morgan fingerprint density at radius 2 is 2.00 bits per heavy atom. The second-order valence-electron chi connectivity index (χ2n) is 5.02. The van der Waals surface area contributed by atoms with Crippen LogP contribution in [0.4, 0.5) is 0 Å². The van der Waals surface area contributed by atoms with E-state index in [9.17, 15) is 8.42 Å². The summed E-state index contributed by atoms with van der Waals surface area (Å²) >= 11 is 0. The molecule has 0 heterocycles. The summed E-state index contributed by atoms with van der Waals surface area (Å²) in [6.45, 7) is 2.01. The van der Waals surface area contributed by atoms with E-state index in [0.29, 0.717) is 5.92 Å². The molecule has 0 aromatic rings. The van der Waals surface area contributed by atoms with Gasteiger partial charge in [-0.2, -0.15) is 0 Å². The summed E-state index contributed by atoms with van der Waals surface area (Å²) in [5, 5.41) is 0. The SMILES string of the molecule is C[C@H](NS(C)(=O)=O)[C@H]1C[C@H]2CC[C@H]1C2. The van der Waals surface area contributed by atoms with Crippen LogP contribution in [-0.2, 0) is 10.0 Å². The maximum Gasteiger partial charge on any atom is 0.208 e. The monoisotopic (exact) mass is 217 g/mol. The number of fused-ring (bicyclic) bond motifs is 2. The van der Waals surface area contributed by atoms with E-state index in [1.54, 1.807) is 0 Å². The standard InChI is InChI=1S/C10H19NO2S/c1-7(11-14(2,12)13)10-6-8-3-4-9(10)5-8/h7-11H,3-6H2,1-2H3/t7-,8-,9-,10+/m0/s1. The van der Waals surface area contributed by atoms with Crippen LogP contribution in [0.3, 0.4) is 0 Å². The molecule has 2 rings (SSSR count). The van der Waals surface area contributed by atoms with Gasteiger partial charge in [-0.05, 0) is 43.9 Å². The van der Waals surface area contributed by atoms with Crippen molar-refractivity contribution in [1.82, 2.24) is 4.72 Å². The second kappa shape index (κ2) is 3.49. The van der Waals surface area contributed by atoms with Crippen LogP contribution in [0.5, 0.6) is 0 Å². The summed E-state index contributed by atoms with van der Waals surface area (Å²) in [5.41, 5.74) is 0. The number of hydrogen-bond acceptors (Lipinski definition) is 2. The Labute approximate surface area is 86.3 Å². The van der Waals surface area contributed by atoms with Crippen LogP contribution in [0.2, 0.25) is 0 Å². The molecule has 2 fully saturated rings. The van der Waals surface area contributed by atoms with Crippen LogP contribution in [-0.4, -0.2) is 20.7 Å². The maximum atomic E-state index is 11.1. The average Bonchev–Trinajstić information content (AvgIpc) is 2.59. The van der Waals surface area contributed by atoms with Gasteiger partial charge in [0.25, 0.3) is 0 Å². The summed E-state index contributed by atoms with van der Waals surface area (Å²) in [4.78, 5) is 0. The van der Waals surface area contributed by atoms with Gasteiger partial charge < -0.3 is 0 Å². The molecule has 0 aromatic carbocycles. The third-order valence-corrected chi connectivity index (χ3v) is 4.63. The zero-order valence-electron chi connectivity index (χ0n) is 8.86. The van der Waals surface area contributed by atoms with E-state index in [1.165, 1.54) is 31.9 Å². The van der Waals surface area contributed by atoms with Crippen LogP contribution < -0.4 is 4.72 Å². The Morgan fingerprint density at radius 3 is 2.43 bits per heavy atom. The minimum absolute atomic E-state index is 0.125. The Hall–Kier alpha value is -0.0900. The summed E-state index contributed by atoms with van der Waals surface area (Å²) in [6, 6.07) is 0.125. The average molecular weight is 217 g/mol. The lowest BCUT2D eigenvalue weighted by molar-refractivity contribution is 0.280. The lowest BCUT2D eigenvalue weighted by atomic mass is 9.84. The summed E-state index contributed by atoms with van der Waals surface area (Å²) in [6.07, 6.45) is 6.49. The Bertz CT molecular complexity index is 312. The minimum Gasteiger partial charge on any atom is -0.213 e. The largest absolute Gasteiger partial charge is 0.213 e. The summed E-state index contributed by atoms with van der Waals surface area (Å²) in [7, 11) is -3.03.